The topological polar surface area (TPSA) is 119 Å². The number of anilines is 1. The van der Waals surface area contributed by atoms with Gasteiger partial charge in [0, 0.05) is 43.9 Å². The summed E-state index contributed by atoms with van der Waals surface area (Å²) in [6.07, 6.45) is 9.64. The molecule has 1 unspecified atom stereocenters. The molecule has 0 spiro atoms. The Balaban J connectivity index is 1.39. The molecule has 0 radical (unpaired) electrons. The highest BCUT2D eigenvalue weighted by Gasteiger charge is 2.50. The highest BCUT2D eigenvalue weighted by molar-refractivity contribution is 7.92. The maximum atomic E-state index is 14.5. The fraction of sp³-hybridized carbons (Fsp3) is 0.579. The molecule has 3 aliphatic heterocycles. The van der Waals surface area contributed by atoms with Crippen molar-refractivity contribution < 1.29 is 28.0 Å². The number of nitrogens with one attached hydrogen (secondary N) is 2. The molecule has 12 heteroatoms. The number of halogens is 1. The molecule has 272 valence electrons. The van der Waals surface area contributed by atoms with Crippen LogP contribution in [0, 0.1) is 17.8 Å². The van der Waals surface area contributed by atoms with Crippen molar-refractivity contribution in [2.45, 2.75) is 89.5 Å². The van der Waals surface area contributed by atoms with Gasteiger partial charge in [0.15, 0.2) is 0 Å². The normalized spacial score (nSPS) is 33.6. The lowest BCUT2D eigenvalue weighted by Crippen LogP contribution is -2.57. The lowest BCUT2D eigenvalue weighted by molar-refractivity contribution is -0.116. The van der Waals surface area contributed by atoms with Gasteiger partial charge in [-0.15, -0.1) is 4.36 Å². The Morgan fingerprint density at radius 1 is 1.08 bits per heavy atom. The third-order valence-electron chi connectivity index (χ3n) is 11.2. The van der Waals surface area contributed by atoms with Gasteiger partial charge in [0.05, 0.1) is 29.2 Å². The molecular weight excluding hydrogens is 676 g/mol. The van der Waals surface area contributed by atoms with Gasteiger partial charge in [-0.1, -0.05) is 43.7 Å². The molecule has 10 nitrogen and oxygen atoms in total. The Bertz CT molecular complexity index is 1750. The van der Waals surface area contributed by atoms with Crippen molar-refractivity contribution in [3.63, 3.8) is 0 Å². The standard InChI is InChI=1S/C38H51ClN4O6S/c1-25-9-8-15-38(48-5)19-30(26(38)2)23-43-22-29-11-13-31(39)17-27(29)10-6-7-16-49-34-14-12-28(18-33(34)43)35(44)41-50(46,24-25)42-36(45)40-32-20-37(3,21-32)47-4/h8,11-15,17-18,25-26,30,32H,6-7,9-10,16,19-24H2,1-5H3,(H2,40,41,42,44,45,46)/b15-8+/t25-,26+,30-,32?,37?,38-,50?/m0/s1. The summed E-state index contributed by atoms with van der Waals surface area (Å²) in [4.78, 5) is 29.4. The van der Waals surface area contributed by atoms with Crippen molar-refractivity contribution in [3.05, 3.63) is 70.3 Å². The molecule has 2 saturated carbocycles. The number of allylic oxidation sites excluding steroid dienone is 1. The van der Waals surface area contributed by atoms with Crippen molar-refractivity contribution in [3.8, 4) is 5.75 Å². The molecule has 4 bridgehead atoms. The van der Waals surface area contributed by atoms with Crippen molar-refractivity contribution >= 4 is 39.1 Å². The predicted octanol–water partition coefficient (Wildman–Crippen LogP) is 7.09. The molecule has 2 aliphatic carbocycles. The highest BCUT2D eigenvalue weighted by Crippen LogP contribution is 2.49. The molecule has 5 atom stereocenters. The fourth-order valence-electron chi connectivity index (χ4n) is 7.98. The summed E-state index contributed by atoms with van der Waals surface area (Å²) in [6.45, 7) is 8.01. The van der Waals surface area contributed by atoms with Crippen LogP contribution in [0.3, 0.4) is 0 Å². The zero-order valence-corrected chi connectivity index (χ0v) is 31.4. The van der Waals surface area contributed by atoms with E-state index in [0.29, 0.717) is 55.6 Å². The van der Waals surface area contributed by atoms with Crippen molar-refractivity contribution in [2.24, 2.45) is 22.1 Å². The van der Waals surface area contributed by atoms with Crippen LogP contribution in [0.4, 0.5) is 10.5 Å². The summed E-state index contributed by atoms with van der Waals surface area (Å²) in [6, 6.07) is 10.6. The molecule has 7 rings (SSSR count). The van der Waals surface area contributed by atoms with Crippen molar-refractivity contribution in [1.82, 2.24) is 10.0 Å². The van der Waals surface area contributed by atoms with Crippen LogP contribution < -0.4 is 19.7 Å². The van der Waals surface area contributed by atoms with Gasteiger partial charge >= 0.3 is 6.03 Å². The Kier molecular flexibility index (Phi) is 10.9. The molecule has 2 N–H and O–H groups in total. The summed E-state index contributed by atoms with van der Waals surface area (Å²) in [5, 5.41) is 3.60. The molecule has 50 heavy (non-hydrogen) atoms. The second kappa shape index (κ2) is 14.9. The lowest BCUT2D eigenvalue weighted by Gasteiger charge is -2.53. The van der Waals surface area contributed by atoms with E-state index in [4.69, 9.17) is 25.8 Å². The zero-order valence-electron chi connectivity index (χ0n) is 29.8. The Morgan fingerprint density at radius 3 is 2.62 bits per heavy atom. The van der Waals surface area contributed by atoms with Gasteiger partial charge in [0.2, 0.25) is 0 Å². The minimum Gasteiger partial charge on any atom is -0.491 e. The maximum absolute atomic E-state index is 14.5. The first kappa shape index (κ1) is 36.7. The number of hydrogen-bond donors (Lipinski definition) is 2. The lowest BCUT2D eigenvalue weighted by atomic mass is 9.61. The van der Waals surface area contributed by atoms with Crippen LogP contribution in [-0.2, 0) is 32.4 Å². The van der Waals surface area contributed by atoms with E-state index in [2.05, 4.69) is 50.5 Å². The molecule has 3 heterocycles. The number of carbonyl (C=O) groups is 2. The Morgan fingerprint density at radius 2 is 1.88 bits per heavy atom. The first-order valence-electron chi connectivity index (χ1n) is 17.8. The number of aryl methyl sites for hydroxylation is 1. The third kappa shape index (κ3) is 8.01. The van der Waals surface area contributed by atoms with Gasteiger partial charge in [-0.25, -0.2) is 9.00 Å². The summed E-state index contributed by atoms with van der Waals surface area (Å²) in [5.74, 6) is 0.436. The van der Waals surface area contributed by atoms with Gasteiger partial charge in [0.1, 0.15) is 15.7 Å². The summed E-state index contributed by atoms with van der Waals surface area (Å²) in [7, 11) is -0.0960. The zero-order chi connectivity index (χ0) is 35.7. The van der Waals surface area contributed by atoms with Crippen LogP contribution in [0.15, 0.2) is 52.9 Å². The maximum Gasteiger partial charge on any atom is 0.327 e. The second-order valence-electron chi connectivity index (χ2n) is 15.0. The highest BCUT2D eigenvalue weighted by atomic mass is 35.5. The minimum atomic E-state index is -3.51. The van der Waals surface area contributed by atoms with Gasteiger partial charge in [-0.3, -0.25) is 9.52 Å². The van der Waals surface area contributed by atoms with E-state index in [1.54, 1.807) is 26.4 Å². The number of benzene rings is 2. The molecule has 2 aromatic rings. The van der Waals surface area contributed by atoms with E-state index in [9.17, 15) is 13.8 Å². The number of rotatable bonds is 4. The smallest absolute Gasteiger partial charge is 0.327 e. The van der Waals surface area contributed by atoms with Crippen LogP contribution in [0.1, 0.15) is 80.8 Å². The number of hydrogen-bond acceptors (Lipinski definition) is 7. The van der Waals surface area contributed by atoms with E-state index in [1.165, 1.54) is 11.1 Å². The predicted molar refractivity (Wildman–Crippen MR) is 197 cm³/mol. The number of amides is 3. The minimum absolute atomic E-state index is 0.00857. The van der Waals surface area contributed by atoms with Crippen LogP contribution in [0.5, 0.6) is 5.75 Å². The molecule has 5 aliphatic rings. The van der Waals surface area contributed by atoms with Crippen LogP contribution in [0.2, 0.25) is 5.02 Å². The molecule has 0 saturated heterocycles. The summed E-state index contributed by atoms with van der Waals surface area (Å²) in [5.41, 5.74) is 2.72. The number of ether oxygens (including phenoxy) is 3. The van der Waals surface area contributed by atoms with Crippen molar-refractivity contribution in [2.75, 3.05) is 38.0 Å². The average Bonchev–Trinajstić information content (AvgIpc) is 3.08. The Labute approximate surface area is 302 Å². The van der Waals surface area contributed by atoms with Crippen LogP contribution >= 0.6 is 11.6 Å². The van der Waals surface area contributed by atoms with Crippen molar-refractivity contribution in [1.29, 1.82) is 0 Å². The van der Waals surface area contributed by atoms with Crippen LogP contribution in [0.25, 0.3) is 0 Å². The monoisotopic (exact) mass is 726 g/mol. The van der Waals surface area contributed by atoms with E-state index in [-0.39, 0.29) is 34.8 Å². The first-order chi connectivity index (χ1) is 23.8. The third-order valence-corrected chi connectivity index (χ3v) is 13.4. The van der Waals surface area contributed by atoms with Crippen LogP contribution in [-0.4, -0.2) is 66.5 Å². The fourth-order valence-corrected chi connectivity index (χ4v) is 10.0. The number of carbonyl (C=O) groups excluding carboxylic acids is 2. The van der Waals surface area contributed by atoms with Gasteiger partial charge < -0.3 is 24.4 Å². The largest absolute Gasteiger partial charge is 0.491 e. The molecule has 0 aromatic heterocycles. The number of nitrogens with zero attached hydrogens (tertiary/aromatic N) is 2. The molecule has 3 amide bonds. The quantitative estimate of drug-likeness (QED) is 0.323. The second-order valence-corrected chi connectivity index (χ2v) is 17.4. The summed E-state index contributed by atoms with van der Waals surface area (Å²) < 4.78 is 39.4. The Hall–Kier alpha value is -3.12. The SMILES string of the molecule is COC1(C)CC(NC(=O)NS2(=O)=NC(=O)c3ccc4c(c3)N(Cc3ccc(Cl)cc3CCCCO4)C[C@@H]3C[C@@](OC)(/C=C/C[C@H](C)C2)[C@@H]3C)C1. The van der Waals surface area contributed by atoms with E-state index < -0.39 is 27.5 Å². The molecule has 2 fully saturated rings. The molecular formula is C38H51ClN4O6S. The number of methoxy groups -OCH3 is 2. The van der Waals surface area contributed by atoms with E-state index >= 15 is 0 Å². The van der Waals surface area contributed by atoms with Gasteiger partial charge in [0.25, 0.3) is 5.91 Å². The summed E-state index contributed by atoms with van der Waals surface area (Å²) >= 11 is 6.46. The average molecular weight is 727 g/mol. The molecule has 2 aromatic carbocycles. The number of fused-ring (bicyclic) bond motifs is 6. The van der Waals surface area contributed by atoms with E-state index in [0.717, 1.165) is 31.4 Å². The van der Waals surface area contributed by atoms with E-state index in [1.807, 2.05) is 26.0 Å². The van der Waals surface area contributed by atoms with Gasteiger partial charge in [-0.2, -0.15) is 0 Å². The van der Waals surface area contributed by atoms with Gasteiger partial charge in [-0.05, 0) is 111 Å². The first-order valence-corrected chi connectivity index (χ1v) is 19.8. The number of urea groups is 1.